The van der Waals surface area contributed by atoms with Gasteiger partial charge < -0.3 is 8.98 Å². The molecule has 290 valence electrons. The van der Waals surface area contributed by atoms with Crippen LogP contribution in [0.15, 0.2) is 223 Å². The zero-order chi connectivity index (χ0) is 41.0. The Labute approximate surface area is 357 Å². The number of para-hydroxylation sites is 2. The molecule has 3 aromatic heterocycles. The van der Waals surface area contributed by atoms with Crippen LogP contribution in [0.5, 0.6) is 0 Å². The first-order valence-electron chi connectivity index (χ1n) is 20.8. The molecular weight excluding hydrogens is 757 g/mol. The summed E-state index contributed by atoms with van der Waals surface area (Å²) in [6, 6.07) is 76.5. The molecule has 0 N–H and O–H groups in total. The smallest absolute Gasteiger partial charge is 0.164 e. The van der Waals surface area contributed by atoms with Crippen LogP contribution in [-0.2, 0) is 0 Å². The maximum absolute atomic E-state index is 6.76. The van der Waals surface area contributed by atoms with E-state index in [4.69, 9.17) is 19.4 Å². The quantitative estimate of drug-likeness (QED) is 0.161. The molecule has 3 heterocycles. The van der Waals surface area contributed by atoms with Crippen molar-refractivity contribution in [1.82, 2.24) is 19.5 Å². The van der Waals surface area contributed by atoms with Gasteiger partial charge in [-0.3, -0.25) is 0 Å². The fourth-order valence-electron chi connectivity index (χ4n) is 8.86. The van der Waals surface area contributed by atoms with Crippen LogP contribution >= 0.6 is 0 Å². The fraction of sp³-hybridized carbons (Fsp3) is 0. The SMILES string of the molecule is c1ccc(-c2cc(-c3cc(-c4ccccc4)cc(-n4c5ccccc5c5ccc6c7ccccc7oc6c54)c3)cc(-c3nc(-c4ccccc4)nc(-c4ccccc4)n3)c2)cc1. The lowest BCUT2D eigenvalue weighted by Crippen LogP contribution is -2.00. The Morgan fingerprint density at radius 2 is 0.726 bits per heavy atom. The number of hydrogen-bond donors (Lipinski definition) is 0. The lowest BCUT2D eigenvalue weighted by atomic mass is 9.93. The molecule has 0 atom stereocenters. The summed E-state index contributed by atoms with van der Waals surface area (Å²) in [5, 5.41) is 4.52. The van der Waals surface area contributed by atoms with Crippen molar-refractivity contribution in [1.29, 1.82) is 0 Å². The van der Waals surface area contributed by atoms with E-state index in [-0.39, 0.29) is 0 Å². The first-order chi connectivity index (χ1) is 30.7. The number of fused-ring (bicyclic) bond motifs is 7. The van der Waals surface area contributed by atoms with Gasteiger partial charge in [0, 0.05) is 43.9 Å². The molecular formula is C57H36N4O. The van der Waals surface area contributed by atoms with Crippen molar-refractivity contribution in [3.8, 4) is 73.2 Å². The van der Waals surface area contributed by atoms with Gasteiger partial charge in [0.25, 0.3) is 0 Å². The Morgan fingerprint density at radius 1 is 0.306 bits per heavy atom. The molecule has 0 fully saturated rings. The Morgan fingerprint density at radius 3 is 1.32 bits per heavy atom. The molecule has 5 nitrogen and oxygen atoms in total. The predicted molar refractivity (Wildman–Crippen MR) is 254 cm³/mol. The summed E-state index contributed by atoms with van der Waals surface area (Å²) in [5.41, 5.74) is 14.2. The van der Waals surface area contributed by atoms with E-state index in [1.165, 1.54) is 5.39 Å². The Kier molecular flexibility index (Phi) is 8.42. The van der Waals surface area contributed by atoms with E-state index >= 15 is 0 Å². The molecule has 9 aromatic carbocycles. The van der Waals surface area contributed by atoms with E-state index in [1.54, 1.807) is 0 Å². The van der Waals surface area contributed by atoms with Crippen molar-refractivity contribution in [2.24, 2.45) is 0 Å². The van der Waals surface area contributed by atoms with Gasteiger partial charge in [-0.2, -0.15) is 0 Å². The van der Waals surface area contributed by atoms with E-state index in [0.717, 1.165) is 94.1 Å². The van der Waals surface area contributed by atoms with E-state index in [0.29, 0.717) is 17.5 Å². The number of hydrogen-bond acceptors (Lipinski definition) is 4. The number of rotatable bonds is 7. The summed E-state index contributed by atoms with van der Waals surface area (Å²) in [6.07, 6.45) is 0. The van der Waals surface area contributed by atoms with Gasteiger partial charge in [0.1, 0.15) is 5.58 Å². The van der Waals surface area contributed by atoms with Gasteiger partial charge >= 0.3 is 0 Å². The molecule has 5 heteroatoms. The normalized spacial score (nSPS) is 11.5. The molecule has 62 heavy (non-hydrogen) atoms. The van der Waals surface area contributed by atoms with Crippen LogP contribution < -0.4 is 0 Å². The molecule has 0 bridgehead atoms. The third kappa shape index (κ3) is 6.14. The minimum Gasteiger partial charge on any atom is -0.454 e. The van der Waals surface area contributed by atoms with Crippen molar-refractivity contribution in [3.63, 3.8) is 0 Å². The Hall–Kier alpha value is -8.41. The summed E-state index contributed by atoms with van der Waals surface area (Å²) in [7, 11) is 0. The highest BCUT2D eigenvalue weighted by molar-refractivity contribution is 6.21. The summed E-state index contributed by atoms with van der Waals surface area (Å²) in [5.74, 6) is 1.85. The fourth-order valence-corrected chi connectivity index (χ4v) is 8.86. The van der Waals surface area contributed by atoms with Gasteiger partial charge in [-0.05, 0) is 88.0 Å². The third-order valence-electron chi connectivity index (χ3n) is 11.8. The van der Waals surface area contributed by atoms with Crippen molar-refractivity contribution in [2.75, 3.05) is 0 Å². The minimum atomic E-state index is 0.603. The van der Waals surface area contributed by atoms with Crippen LogP contribution in [0.25, 0.3) is 117 Å². The first kappa shape index (κ1) is 35.5. The maximum atomic E-state index is 6.76. The van der Waals surface area contributed by atoms with Gasteiger partial charge in [0.2, 0.25) is 0 Å². The van der Waals surface area contributed by atoms with Crippen molar-refractivity contribution in [2.45, 2.75) is 0 Å². The van der Waals surface area contributed by atoms with E-state index in [2.05, 4.69) is 156 Å². The van der Waals surface area contributed by atoms with Crippen molar-refractivity contribution >= 4 is 43.7 Å². The van der Waals surface area contributed by atoms with E-state index in [9.17, 15) is 0 Å². The second kappa shape index (κ2) is 14.7. The first-order valence-corrected chi connectivity index (χ1v) is 20.8. The van der Waals surface area contributed by atoms with Crippen LogP contribution in [0.1, 0.15) is 0 Å². The Balaban J connectivity index is 1.14. The van der Waals surface area contributed by atoms with Gasteiger partial charge in [-0.15, -0.1) is 0 Å². The Bertz CT molecular complexity index is 3560. The summed E-state index contributed by atoms with van der Waals surface area (Å²) < 4.78 is 9.15. The monoisotopic (exact) mass is 792 g/mol. The van der Waals surface area contributed by atoms with E-state index in [1.807, 2.05) is 66.7 Å². The number of nitrogens with zero attached hydrogens (tertiary/aromatic N) is 4. The molecule has 0 saturated carbocycles. The molecule has 0 aliphatic heterocycles. The van der Waals surface area contributed by atoms with Crippen molar-refractivity contribution in [3.05, 3.63) is 218 Å². The number of furan rings is 1. The van der Waals surface area contributed by atoms with Gasteiger partial charge in [0.05, 0.1) is 11.0 Å². The lowest BCUT2D eigenvalue weighted by molar-refractivity contribution is 0.671. The third-order valence-corrected chi connectivity index (χ3v) is 11.8. The second-order valence-electron chi connectivity index (χ2n) is 15.6. The van der Waals surface area contributed by atoms with Gasteiger partial charge in [0.15, 0.2) is 23.1 Å². The maximum Gasteiger partial charge on any atom is 0.164 e. The van der Waals surface area contributed by atoms with Crippen LogP contribution in [0, 0.1) is 0 Å². The average molecular weight is 793 g/mol. The van der Waals surface area contributed by atoms with Crippen molar-refractivity contribution < 1.29 is 4.42 Å². The molecule has 12 rings (SSSR count). The summed E-state index contributed by atoms with van der Waals surface area (Å²) >= 11 is 0. The number of aromatic nitrogens is 4. The minimum absolute atomic E-state index is 0.603. The van der Waals surface area contributed by atoms with Gasteiger partial charge in [-0.25, -0.2) is 15.0 Å². The standard InChI is InChI=1S/C57H36N4O/c1-5-17-37(18-6-1)41-31-42(34-45(33-41)57-59-55(39-21-9-3-10-22-39)58-56(60-57)40-23-11-4-12-24-40)44-32-43(38-19-7-2-8-20-38)35-46(36-44)61-51-27-15-13-25-47(51)49-29-30-50-48-26-14-16-28-52(48)62-54(50)53(49)61/h1-36H. The predicted octanol–water partition coefficient (Wildman–Crippen LogP) is 14.9. The largest absolute Gasteiger partial charge is 0.454 e. The molecule has 0 aliphatic rings. The summed E-state index contributed by atoms with van der Waals surface area (Å²) in [6.45, 7) is 0. The van der Waals surface area contributed by atoms with Crippen LogP contribution in [0.4, 0.5) is 0 Å². The average Bonchev–Trinajstić information content (AvgIpc) is 3.91. The molecule has 0 unspecified atom stereocenters. The molecule has 12 aromatic rings. The van der Waals surface area contributed by atoms with Crippen LogP contribution in [-0.4, -0.2) is 19.5 Å². The molecule has 0 saturated heterocycles. The molecule has 0 amide bonds. The lowest BCUT2D eigenvalue weighted by Gasteiger charge is -2.16. The highest BCUT2D eigenvalue weighted by Gasteiger charge is 2.21. The van der Waals surface area contributed by atoms with Crippen LogP contribution in [0.2, 0.25) is 0 Å². The highest BCUT2D eigenvalue weighted by Crippen LogP contribution is 2.42. The zero-order valence-corrected chi connectivity index (χ0v) is 33.5. The van der Waals surface area contributed by atoms with E-state index < -0.39 is 0 Å². The molecule has 0 radical (unpaired) electrons. The molecule has 0 aliphatic carbocycles. The zero-order valence-electron chi connectivity index (χ0n) is 33.5. The van der Waals surface area contributed by atoms with Crippen LogP contribution in [0.3, 0.4) is 0 Å². The topological polar surface area (TPSA) is 56.7 Å². The molecule has 0 spiro atoms. The second-order valence-corrected chi connectivity index (χ2v) is 15.6. The number of benzene rings is 9. The summed E-state index contributed by atoms with van der Waals surface area (Å²) in [4.78, 5) is 15.3. The highest BCUT2D eigenvalue weighted by atomic mass is 16.3. The van der Waals surface area contributed by atoms with Gasteiger partial charge in [-0.1, -0.05) is 164 Å².